The maximum absolute atomic E-state index is 12.7. The molecule has 1 aromatic heterocycles. The van der Waals surface area contributed by atoms with Gasteiger partial charge < -0.3 is 9.32 Å². The number of likely N-dealkylation sites (tertiary alicyclic amines) is 1. The van der Waals surface area contributed by atoms with Crippen molar-refractivity contribution in [3.63, 3.8) is 0 Å². The Morgan fingerprint density at radius 3 is 2.63 bits per heavy atom. The van der Waals surface area contributed by atoms with Gasteiger partial charge in [0.15, 0.2) is 6.39 Å². The Labute approximate surface area is 110 Å². The molecule has 19 heavy (non-hydrogen) atoms. The zero-order valence-electron chi connectivity index (χ0n) is 10.9. The first kappa shape index (κ1) is 14.3. The average Bonchev–Trinajstić information content (AvgIpc) is 2.80. The van der Waals surface area contributed by atoms with Crippen molar-refractivity contribution < 1.29 is 17.6 Å². The summed E-state index contributed by atoms with van der Waals surface area (Å²) in [6, 6.07) is -0.0528. The highest BCUT2D eigenvalue weighted by Crippen LogP contribution is 2.24. The van der Waals surface area contributed by atoms with E-state index in [2.05, 4.69) is 9.88 Å². The maximum atomic E-state index is 12.7. The number of halogens is 3. The van der Waals surface area contributed by atoms with Crippen molar-refractivity contribution >= 4 is 0 Å². The summed E-state index contributed by atoms with van der Waals surface area (Å²) in [6.07, 6.45) is 0.0267. The molecule has 0 amide bonds. The van der Waals surface area contributed by atoms with Crippen molar-refractivity contribution in [1.29, 1.82) is 0 Å². The van der Waals surface area contributed by atoms with E-state index in [4.69, 9.17) is 4.42 Å². The maximum Gasteiger partial charge on any atom is 0.401 e. The number of hydrogen-bond donors (Lipinski definition) is 0. The number of nitrogens with zero attached hydrogens (tertiary/aromatic N) is 3. The van der Waals surface area contributed by atoms with Gasteiger partial charge in [-0.1, -0.05) is 0 Å². The number of alkyl halides is 3. The van der Waals surface area contributed by atoms with Crippen LogP contribution in [0.1, 0.15) is 18.6 Å². The minimum Gasteiger partial charge on any atom is -0.447 e. The van der Waals surface area contributed by atoms with E-state index in [-0.39, 0.29) is 12.6 Å². The first-order valence-corrected chi connectivity index (χ1v) is 6.31. The summed E-state index contributed by atoms with van der Waals surface area (Å²) < 4.78 is 43.1. The van der Waals surface area contributed by atoms with E-state index in [0.29, 0.717) is 5.76 Å². The number of hydrogen-bond acceptors (Lipinski definition) is 4. The van der Waals surface area contributed by atoms with Gasteiger partial charge >= 0.3 is 6.18 Å². The van der Waals surface area contributed by atoms with E-state index < -0.39 is 12.7 Å². The molecule has 0 saturated carbocycles. The Morgan fingerprint density at radius 1 is 1.42 bits per heavy atom. The van der Waals surface area contributed by atoms with Crippen molar-refractivity contribution in [1.82, 2.24) is 14.8 Å². The molecule has 0 spiro atoms. The van der Waals surface area contributed by atoms with Crippen molar-refractivity contribution in [3.05, 3.63) is 18.4 Å². The van der Waals surface area contributed by atoms with Gasteiger partial charge in [0, 0.05) is 6.04 Å². The lowest BCUT2D eigenvalue weighted by atomic mass is 10.0. The third kappa shape index (κ3) is 4.50. The van der Waals surface area contributed by atoms with E-state index in [1.165, 1.54) is 17.5 Å². The van der Waals surface area contributed by atoms with Gasteiger partial charge in [-0.05, 0) is 33.0 Å². The molecule has 1 saturated heterocycles. The molecule has 0 bridgehead atoms. The number of oxazole rings is 1. The molecule has 0 radical (unpaired) electrons. The van der Waals surface area contributed by atoms with Crippen molar-refractivity contribution in [2.45, 2.75) is 31.6 Å². The summed E-state index contributed by atoms with van der Waals surface area (Å²) in [6.45, 7) is 0.917. The molecule has 1 aliphatic rings. The molecule has 1 fully saturated rings. The van der Waals surface area contributed by atoms with Gasteiger partial charge in [0.1, 0.15) is 5.76 Å². The fourth-order valence-corrected chi connectivity index (χ4v) is 2.42. The van der Waals surface area contributed by atoms with Gasteiger partial charge in [0.25, 0.3) is 0 Å². The fraction of sp³-hybridized carbons (Fsp3) is 0.750. The summed E-state index contributed by atoms with van der Waals surface area (Å²) in [7, 11) is 1.99. The van der Waals surface area contributed by atoms with Crippen LogP contribution in [0, 0.1) is 0 Å². The SMILES string of the molecule is CN1CCC(N(Cc2cnco2)CC(F)(F)F)CC1. The lowest BCUT2D eigenvalue weighted by molar-refractivity contribution is -0.154. The van der Waals surface area contributed by atoms with E-state index in [0.717, 1.165) is 25.9 Å². The average molecular weight is 277 g/mol. The Hall–Kier alpha value is -1.08. The second-order valence-corrected chi connectivity index (χ2v) is 5.02. The molecule has 7 heteroatoms. The Bertz CT molecular complexity index is 372. The molecule has 1 aliphatic heterocycles. The smallest absolute Gasteiger partial charge is 0.401 e. The molecule has 108 valence electrons. The number of aromatic nitrogens is 1. The van der Waals surface area contributed by atoms with Gasteiger partial charge in [-0.25, -0.2) is 4.98 Å². The van der Waals surface area contributed by atoms with Crippen molar-refractivity contribution in [2.24, 2.45) is 0 Å². The van der Waals surface area contributed by atoms with Crippen molar-refractivity contribution in [2.75, 3.05) is 26.7 Å². The topological polar surface area (TPSA) is 32.5 Å². The molecule has 2 rings (SSSR count). The molecule has 2 heterocycles. The van der Waals surface area contributed by atoms with E-state index in [9.17, 15) is 13.2 Å². The van der Waals surface area contributed by atoms with Crippen LogP contribution >= 0.6 is 0 Å². The second-order valence-electron chi connectivity index (χ2n) is 5.02. The summed E-state index contributed by atoms with van der Waals surface area (Å²) in [5, 5.41) is 0. The zero-order valence-corrected chi connectivity index (χ0v) is 10.9. The second kappa shape index (κ2) is 5.92. The first-order chi connectivity index (χ1) is 8.94. The van der Waals surface area contributed by atoms with Gasteiger partial charge in [-0.3, -0.25) is 4.90 Å². The fourth-order valence-electron chi connectivity index (χ4n) is 2.42. The highest BCUT2D eigenvalue weighted by Gasteiger charge is 2.35. The van der Waals surface area contributed by atoms with Crippen LogP contribution in [-0.2, 0) is 6.54 Å². The minimum absolute atomic E-state index is 0.0528. The normalized spacial score (nSPS) is 19.2. The lowest BCUT2D eigenvalue weighted by Crippen LogP contribution is -2.46. The monoisotopic (exact) mass is 277 g/mol. The van der Waals surface area contributed by atoms with Crippen LogP contribution < -0.4 is 0 Å². The van der Waals surface area contributed by atoms with Crippen LogP contribution in [0.3, 0.4) is 0 Å². The summed E-state index contributed by atoms with van der Waals surface area (Å²) >= 11 is 0. The molecule has 4 nitrogen and oxygen atoms in total. The molecule has 1 aromatic rings. The third-order valence-corrected chi connectivity index (χ3v) is 3.43. The largest absolute Gasteiger partial charge is 0.447 e. The van der Waals surface area contributed by atoms with E-state index in [1.54, 1.807) is 0 Å². The van der Waals surface area contributed by atoms with Gasteiger partial charge in [0.05, 0.1) is 19.3 Å². The van der Waals surface area contributed by atoms with Crippen LogP contribution in [0.15, 0.2) is 17.0 Å². The standard InChI is InChI=1S/C12H18F3N3O/c1-17-4-2-10(3-5-17)18(8-12(13,14)15)7-11-6-16-9-19-11/h6,9-10H,2-5,7-8H2,1H3. The molecular weight excluding hydrogens is 259 g/mol. The first-order valence-electron chi connectivity index (χ1n) is 6.31. The zero-order chi connectivity index (χ0) is 13.9. The Kier molecular flexibility index (Phi) is 4.46. The molecule has 0 aliphatic carbocycles. The molecule has 0 unspecified atom stereocenters. The molecule has 0 N–H and O–H groups in total. The molecular formula is C12H18F3N3O. The van der Waals surface area contributed by atoms with Gasteiger partial charge in [-0.15, -0.1) is 0 Å². The Balaban J connectivity index is 2.01. The van der Waals surface area contributed by atoms with Crippen LogP contribution in [0.2, 0.25) is 0 Å². The predicted octanol–water partition coefficient (Wildman–Crippen LogP) is 2.13. The van der Waals surface area contributed by atoms with Crippen LogP contribution in [0.4, 0.5) is 13.2 Å². The summed E-state index contributed by atoms with van der Waals surface area (Å²) in [5.41, 5.74) is 0. The quantitative estimate of drug-likeness (QED) is 0.844. The van der Waals surface area contributed by atoms with Crippen LogP contribution in [0.5, 0.6) is 0 Å². The summed E-state index contributed by atoms with van der Waals surface area (Å²) in [4.78, 5) is 7.33. The number of rotatable bonds is 4. The van der Waals surface area contributed by atoms with Crippen LogP contribution in [0.25, 0.3) is 0 Å². The molecule has 0 atom stereocenters. The highest BCUT2D eigenvalue weighted by molar-refractivity contribution is 4.91. The minimum atomic E-state index is -4.19. The highest BCUT2D eigenvalue weighted by atomic mass is 19.4. The van der Waals surface area contributed by atoms with Gasteiger partial charge in [-0.2, -0.15) is 13.2 Å². The lowest BCUT2D eigenvalue weighted by Gasteiger charge is -2.37. The third-order valence-electron chi connectivity index (χ3n) is 3.43. The van der Waals surface area contributed by atoms with E-state index >= 15 is 0 Å². The van der Waals surface area contributed by atoms with Crippen molar-refractivity contribution in [3.8, 4) is 0 Å². The Morgan fingerprint density at radius 2 is 2.11 bits per heavy atom. The predicted molar refractivity (Wildman–Crippen MR) is 63.5 cm³/mol. The van der Waals surface area contributed by atoms with Gasteiger partial charge in [0.2, 0.25) is 0 Å². The summed E-state index contributed by atoms with van der Waals surface area (Å²) in [5.74, 6) is 0.475. The van der Waals surface area contributed by atoms with E-state index in [1.807, 2.05) is 7.05 Å². The number of piperidine rings is 1. The molecule has 0 aromatic carbocycles. The van der Waals surface area contributed by atoms with Crippen LogP contribution in [-0.4, -0.2) is 53.7 Å².